The highest BCUT2D eigenvalue weighted by atomic mass is 16.4. The predicted octanol–water partition coefficient (Wildman–Crippen LogP) is 4.09. The molecule has 0 spiro atoms. The Kier molecular flexibility index (Phi) is 2.37. The molecule has 4 heterocycles. The van der Waals surface area contributed by atoms with Crippen LogP contribution in [0, 0.1) is 0 Å². The minimum atomic E-state index is 0.835. The molecule has 0 amide bonds. The van der Waals surface area contributed by atoms with Gasteiger partial charge in [0.2, 0.25) is 0 Å². The summed E-state index contributed by atoms with van der Waals surface area (Å²) >= 11 is 0. The Labute approximate surface area is 143 Å². The zero-order valence-corrected chi connectivity index (χ0v) is 13.4. The van der Waals surface area contributed by atoms with Crippen LogP contribution in [-0.4, -0.2) is 9.55 Å². The van der Waals surface area contributed by atoms with E-state index in [1.807, 2.05) is 36.7 Å². The smallest absolute Gasteiger partial charge is 0.380 e. The van der Waals surface area contributed by atoms with Crippen LogP contribution in [0.5, 0.6) is 0 Å². The molecule has 0 saturated heterocycles. The molecule has 0 unspecified atom stereocenters. The molecular formula is C21H14N3O+. The second-order valence-corrected chi connectivity index (χ2v) is 6.37. The first-order chi connectivity index (χ1) is 12.4. The Bertz CT molecular complexity index is 1260. The molecule has 1 aliphatic heterocycles. The molecule has 0 aliphatic carbocycles. The standard InChI is InChI=1S/C21H14N3O/c1-2-7-15(8-3-1)24-18-10-11-22-12-17(18)19-21(24)25-20-16-9-5-4-6-14(16)13-23(19)20/h1-12H,13H2/q+1. The first-order valence-corrected chi connectivity index (χ1v) is 8.36. The summed E-state index contributed by atoms with van der Waals surface area (Å²) in [5.74, 6) is 0.927. The number of nitrogens with zero attached hydrogens (tertiary/aromatic N) is 3. The molecule has 4 nitrogen and oxygen atoms in total. The quantitative estimate of drug-likeness (QED) is 0.427. The van der Waals surface area contributed by atoms with E-state index in [1.165, 1.54) is 11.1 Å². The van der Waals surface area contributed by atoms with Gasteiger partial charge >= 0.3 is 5.89 Å². The topological polar surface area (TPSA) is 34.8 Å². The summed E-state index contributed by atoms with van der Waals surface area (Å²) in [7, 11) is 0. The van der Waals surface area contributed by atoms with Crippen molar-refractivity contribution in [3.8, 4) is 17.1 Å². The van der Waals surface area contributed by atoms with Gasteiger partial charge in [-0.15, -0.1) is 4.57 Å². The maximum absolute atomic E-state index is 6.41. The monoisotopic (exact) mass is 324 g/mol. The van der Waals surface area contributed by atoms with Crippen LogP contribution in [0.2, 0.25) is 0 Å². The van der Waals surface area contributed by atoms with Crippen molar-refractivity contribution < 1.29 is 8.98 Å². The van der Waals surface area contributed by atoms with Crippen molar-refractivity contribution in [3.63, 3.8) is 0 Å². The van der Waals surface area contributed by atoms with Crippen molar-refractivity contribution in [1.82, 2.24) is 9.55 Å². The predicted molar refractivity (Wildman–Crippen MR) is 95.6 cm³/mol. The average Bonchev–Trinajstić information content (AvgIpc) is 3.29. The number of pyridine rings is 1. The van der Waals surface area contributed by atoms with Gasteiger partial charge in [0.25, 0.3) is 11.2 Å². The number of oxazole rings is 1. The second kappa shape index (κ2) is 4.57. The molecular weight excluding hydrogens is 310 g/mol. The van der Waals surface area contributed by atoms with Crippen LogP contribution in [0.3, 0.4) is 0 Å². The summed E-state index contributed by atoms with van der Waals surface area (Å²) in [5, 5.41) is 1.11. The van der Waals surface area contributed by atoms with Gasteiger partial charge in [-0.05, 0) is 24.3 Å². The molecule has 25 heavy (non-hydrogen) atoms. The maximum Gasteiger partial charge on any atom is 0.383 e. The number of para-hydroxylation sites is 1. The molecule has 4 heteroatoms. The number of hydrogen-bond acceptors (Lipinski definition) is 2. The molecule has 0 N–H and O–H groups in total. The first kappa shape index (κ1) is 13.0. The number of benzene rings is 2. The zero-order valence-electron chi connectivity index (χ0n) is 13.4. The number of rotatable bonds is 1. The molecule has 3 aromatic heterocycles. The van der Waals surface area contributed by atoms with Crippen LogP contribution in [0.1, 0.15) is 5.56 Å². The van der Waals surface area contributed by atoms with Gasteiger partial charge in [0, 0.05) is 23.6 Å². The number of hydrogen-bond donors (Lipinski definition) is 0. The Balaban J connectivity index is 1.78. The minimum absolute atomic E-state index is 0.835. The van der Waals surface area contributed by atoms with Crippen molar-refractivity contribution in [2.75, 3.05) is 0 Å². The van der Waals surface area contributed by atoms with Crippen molar-refractivity contribution in [1.29, 1.82) is 0 Å². The summed E-state index contributed by atoms with van der Waals surface area (Å²) in [5.41, 5.74) is 6.66. The van der Waals surface area contributed by atoms with Crippen molar-refractivity contribution in [2.45, 2.75) is 6.54 Å². The fraction of sp³-hybridized carbons (Fsp3) is 0.0476. The summed E-state index contributed by atoms with van der Waals surface area (Å²) in [6, 6.07) is 20.8. The minimum Gasteiger partial charge on any atom is -0.380 e. The van der Waals surface area contributed by atoms with E-state index in [0.717, 1.165) is 40.3 Å². The fourth-order valence-corrected chi connectivity index (χ4v) is 3.92. The Morgan fingerprint density at radius 3 is 2.72 bits per heavy atom. The van der Waals surface area contributed by atoms with E-state index in [1.54, 1.807) is 0 Å². The third-order valence-electron chi connectivity index (χ3n) is 5.00. The van der Waals surface area contributed by atoms with E-state index in [9.17, 15) is 0 Å². The highest BCUT2D eigenvalue weighted by Crippen LogP contribution is 2.36. The highest BCUT2D eigenvalue weighted by Gasteiger charge is 2.37. The van der Waals surface area contributed by atoms with Gasteiger partial charge in [0.05, 0.1) is 16.5 Å². The lowest BCUT2D eigenvalue weighted by Crippen LogP contribution is -2.30. The summed E-state index contributed by atoms with van der Waals surface area (Å²) < 4.78 is 10.9. The van der Waals surface area contributed by atoms with Gasteiger partial charge in [-0.2, -0.15) is 0 Å². The van der Waals surface area contributed by atoms with E-state index in [0.29, 0.717) is 0 Å². The van der Waals surface area contributed by atoms with E-state index in [-0.39, 0.29) is 0 Å². The largest absolute Gasteiger partial charge is 0.383 e. The number of fused-ring (bicyclic) bond motifs is 7. The van der Waals surface area contributed by atoms with Crippen molar-refractivity contribution in [3.05, 3.63) is 78.6 Å². The number of aromatic nitrogens is 3. The molecule has 1 aliphatic rings. The van der Waals surface area contributed by atoms with Crippen LogP contribution < -0.4 is 4.57 Å². The lowest BCUT2D eigenvalue weighted by atomic mass is 10.1. The maximum atomic E-state index is 6.41. The SMILES string of the molecule is c1ccc(-n2c3ccncc3c3c2oc2[n+]3Cc3ccccc3-2)cc1. The lowest BCUT2D eigenvalue weighted by Gasteiger charge is -2.03. The van der Waals surface area contributed by atoms with Gasteiger partial charge in [0.15, 0.2) is 6.54 Å². The molecule has 2 aromatic carbocycles. The molecule has 0 fully saturated rings. The normalized spacial score (nSPS) is 12.6. The highest BCUT2D eigenvalue weighted by molar-refractivity contribution is 6.03. The second-order valence-electron chi connectivity index (χ2n) is 6.37. The van der Waals surface area contributed by atoms with Gasteiger partial charge < -0.3 is 4.42 Å². The zero-order chi connectivity index (χ0) is 16.4. The summed E-state index contributed by atoms with van der Waals surface area (Å²) in [6.07, 6.45) is 3.77. The van der Waals surface area contributed by atoms with Crippen LogP contribution >= 0.6 is 0 Å². The van der Waals surface area contributed by atoms with E-state index >= 15 is 0 Å². The molecule has 0 saturated carbocycles. The molecule has 118 valence electrons. The van der Waals surface area contributed by atoms with Crippen LogP contribution in [0.25, 0.3) is 39.3 Å². The van der Waals surface area contributed by atoms with Gasteiger partial charge in [-0.1, -0.05) is 36.4 Å². The third-order valence-corrected chi connectivity index (χ3v) is 5.00. The van der Waals surface area contributed by atoms with Gasteiger partial charge in [0.1, 0.15) is 0 Å². The molecule has 0 bridgehead atoms. The van der Waals surface area contributed by atoms with Crippen molar-refractivity contribution in [2.24, 2.45) is 0 Å². The Morgan fingerprint density at radius 2 is 1.80 bits per heavy atom. The molecule has 6 rings (SSSR count). The van der Waals surface area contributed by atoms with E-state index < -0.39 is 0 Å². The van der Waals surface area contributed by atoms with Crippen molar-refractivity contribution >= 4 is 22.1 Å². The summed E-state index contributed by atoms with van der Waals surface area (Å²) in [6.45, 7) is 0.835. The third kappa shape index (κ3) is 1.61. The Hall–Kier alpha value is -3.40. The van der Waals surface area contributed by atoms with Gasteiger partial charge in [-0.25, -0.2) is 0 Å². The molecule has 0 atom stereocenters. The van der Waals surface area contributed by atoms with Crippen LogP contribution in [0.4, 0.5) is 0 Å². The average molecular weight is 324 g/mol. The van der Waals surface area contributed by atoms with Crippen LogP contribution in [0.15, 0.2) is 77.5 Å². The van der Waals surface area contributed by atoms with Gasteiger partial charge in [-0.3, -0.25) is 9.55 Å². The summed E-state index contributed by atoms with van der Waals surface area (Å²) in [4.78, 5) is 4.36. The first-order valence-electron chi connectivity index (χ1n) is 8.36. The fourth-order valence-electron chi connectivity index (χ4n) is 3.92. The molecule has 5 aromatic rings. The van der Waals surface area contributed by atoms with E-state index in [4.69, 9.17) is 4.42 Å². The van der Waals surface area contributed by atoms with E-state index in [2.05, 4.69) is 50.5 Å². The van der Waals surface area contributed by atoms with Crippen LogP contribution in [-0.2, 0) is 6.54 Å². The lowest BCUT2D eigenvalue weighted by molar-refractivity contribution is -0.648. The molecule has 0 radical (unpaired) electrons. The Morgan fingerprint density at radius 1 is 0.960 bits per heavy atom.